The van der Waals surface area contributed by atoms with E-state index < -0.39 is 11.8 Å². The molecule has 0 amide bonds. The number of aldehydes is 1. The maximum absolute atomic E-state index is 11.6. The van der Waals surface area contributed by atoms with E-state index in [4.69, 9.17) is 5.73 Å². The van der Waals surface area contributed by atoms with Gasteiger partial charge in [0, 0.05) is 19.6 Å². The van der Waals surface area contributed by atoms with Gasteiger partial charge in [-0.1, -0.05) is 24.3 Å². The third kappa shape index (κ3) is 1.77. The van der Waals surface area contributed by atoms with Gasteiger partial charge in [-0.15, -0.1) is 0 Å². The molecule has 1 aromatic carbocycles. The van der Waals surface area contributed by atoms with Crippen LogP contribution in [0.25, 0.3) is 0 Å². The number of nitrogens with zero attached hydrogens (tertiary/aromatic N) is 1. The van der Waals surface area contributed by atoms with Crippen LogP contribution in [0.5, 0.6) is 0 Å². The predicted molar refractivity (Wildman–Crippen MR) is 59.7 cm³/mol. The van der Waals surface area contributed by atoms with Gasteiger partial charge < -0.3 is 5.73 Å². The van der Waals surface area contributed by atoms with Crippen molar-refractivity contribution in [1.29, 1.82) is 0 Å². The first-order valence-electron chi connectivity index (χ1n) is 5.29. The van der Waals surface area contributed by atoms with E-state index in [0.717, 1.165) is 11.1 Å². The third-order valence-corrected chi connectivity index (χ3v) is 2.89. The van der Waals surface area contributed by atoms with Crippen LogP contribution in [0.4, 0.5) is 0 Å². The molecule has 0 saturated heterocycles. The second kappa shape index (κ2) is 4.55. The van der Waals surface area contributed by atoms with E-state index in [0.29, 0.717) is 25.9 Å². The molecule has 0 aliphatic carbocycles. The van der Waals surface area contributed by atoms with Crippen LogP contribution in [-0.2, 0) is 16.1 Å². The lowest BCUT2D eigenvalue weighted by Crippen LogP contribution is -2.33. The van der Waals surface area contributed by atoms with Crippen molar-refractivity contribution >= 4 is 12.1 Å². The van der Waals surface area contributed by atoms with Crippen molar-refractivity contribution in [3.63, 3.8) is 0 Å². The molecule has 0 saturated carbocycles. The number of carbonyl (C=O) groups is 2. The molecular weight excluding hydrogens is 204 g/mol. The molecule has 2 N–H and O–H groups in total. The standard InChI is InChI=1S/C12H14N2O2/c13-5-6-14-7-9-3-1-2-4-10(9)12(14)11(16)8-15/h1-4,8,12H,5-7,13H2. The number of hydrogen-bond donors (Lipinski definition) is 1. The quantitative estimate of drug-likeness (QED) is 0.582. The number of hydrogen-bond acceptors (Lipinski definition) is 4. The lowest BCUT2D eigenvalue weighted by Gasteiger charge is -2.21. The van der Waals surface area contributed by atoms with Crippen molar-refractivity contribution in [3.05, 3.63) is 35.4 Å². The second-order valence-corrected chi connectivity index (χ2v) is 3.88. The Morgan fingerprint density at radius 2 is 2.25 bits per heavy atom. The first-order valence-corrected chi connectivity index (χ1v) is 5.29. The summed E-state index contributed by atoms with van der Waals surface area (Å²) >= 11 is 0. The highest BCUT2D eigenvalue weighted by molar-refractivity contribution is 6.27. The first kappa shape index (κ1) is 11.0. The summed E-state index contributed by atoms with van der Waals surface area (Å²) in [5.74, 6) is -0.390. The molecule has 0 bridgehead atoms. The minimum absolute atomic E-state index is 0.390. The van der Waals surface area contributed by atoms with Gasteiger partial charge in [0.25, 0.3) is 0 Å². The van der Waals surface area contributed by atoms with Gasteiger partial charge in [-0.3, -0.25) is 14.5 Å². The minimum atomic E-state index is -0.433. The summed E-state index contributed by atoms with van der Waals surface area (Å²) in [7, 11) is 0. The smallest absolute Gasteiger partial charge is 0.216 e. The summed E-state index contributed by atoms with van der Waals surface area (Å²) in [5.41, 5.74) is 7.55. The van der Waals surface area contributed by atoms with Crippen LogP contribution in [0.2, 0.25) is 0 Å². The number of nitrogens with two attached hydrogens (primary N) is 1. The SMILES string of the molecule is NCCN1Cc2ccccc2C1C(=O)C=O. The number of fused-ring (bicyclic) bond motifs is 1. The van der Waals surface area contributed by atoms with E-state index in [1.54, 1.807) is 0 Å². The van der Waals surface area contributed by atoms with Crippen molar-refractivity contribution in [2.75, 3.05) is 13.1 Å². The van der Waals surface area contributed by atoms with E-state index in [9.17, 15) is 9.59 Å². The Morgan fingerprint density at radius 1 is 1.50 bits per heavy atom. The molecule has 16 heavy (non-hydrogen) atoms. The van der Waals surface area contributed by atoms with Gasteiger partial charge in [0.1, 0.15) is 6.04 Å². The van der Waals surface area contributed by atoms with E-state index in [2.05, 4.69) is 0 Å². The third-order valence-electron chi connectivity index (χ3n) is 2.89. The molecule has 1 heterocycles. The van der Waals surface area contributed by atoms with Gasteiger partial charge in [-0.05, 0) is 11.1 Å². The average molecular weight is 218 g/mol. The fourth-order valence-electron chi connectivity index (χ4n) is 2.22. The Hall–Kier alpha value is -1.52. The van der Waals surface area contributed by atoms with Crippen LogP contribution < -0.4 is 5.73 Å². The Labute approximate surface area is 94.0 Å². The van der Waals surface area contributed by atoms with Crippen molar-refractivity contribution < 1.29 is 9.59 Å². The summed E-state index contributed by atoms with van der Waals surface area (Å²) in [6, 6.07) is 7.27. The van der Waals surface area contributed by atoms with Crippen molar-refractivity contribution in [1.82, 2.24) is 4.90 Å². The topological polar surface area (TPSA) is 63.4 Å². The molecule has 2 rings (SSSR count). The Morgan fingerprint density at radius 3 is 2.94 bits per heavy atom. The van der Waals surface area contributed by atoms with Gasteiger partial charge in [0.2, 0.25) is 5.78 Å². The lowest BCUT2D eigenvalue weighted by molar-refractivity contribution is -0.133. The second-order valence-electron chi connectivity index (χ2n) is 3.88. The number of benzene rings is 1. The normalized spacial score (nSPS) is 19.4. The Bertz CT molecular complexity index is 417. The van der Waals surface area contributed by atoms with Crippen molar-refractivity contribution in [2.45, 2.75) is 12.6 Å². The summed E-state index contributed by atoms with van der Waals surface area (Å²) in [6.07, 6.45) is 0.399. The average Bonchev–Trinajstić information content (AvgIpc) is 2.66. The van der Waals surface area contributed by atoms with Crippen LogP contribution in [0.15, 0.2) is 24.3 Å². The molecule has 1 aromatic rings. The molecule has 1 aliphatic heterocycles. The molecule has 0 spiro atoms. The molecule has 0 aromatic heterocycles. The van der Waals surface area contributed by atoms with E-state index in [1.807, 2.05) is 29.2 Å². The highest BCUT2D eigenvalue weighted by Gasteiger charge is 2.34. The van der Waals surface area contributed by atoms with Gasteiger partial charge in [0.15, 0.2) is 6.29 Å². The zero-order chi connectivity index (χ0) is 11.5. The number of carbonyl (C=O) groups excluding carboxylic acids is 2. The van der Waals surface area contributed by atoms with Crippen LogP contribution >= 0.6 is 0 Å². The Balaban J connectivity index is 2.35. The van der Waals surface area contributed by atoms with Crippen molar-refractivity contribution in [2.24, 2.45) is 5.73 Å². The molecule has 1 unspecified atom stereocenters. The predicted octanol–water partition coefficient (Wildman–Crippen LogP) is 0.270. The number of ketones is 1. The summed E-state index contributed by atoms with van der Waals surface area (Å²) < 4.78 is 0. The monoisotopic (exact) mass is 218 g/mol. The Kier molecular flexibility index (Phi) is 3.12. The molecule has 4 nitrogen and oxygen atoms in total. The van der Waals surface area contributed by atoms with Gasteiger partial charge in [0.05, 0.1) is 0 Å². The van der Waals surface area contributed by atoms with E-state index >= 15 is 0 Å². The summed E-state index contributed by atoms with van der Waals surface area (Å²) in [4.78, 5) is 24.2. The molecule has 0 fully saturated rings. The number of rotatable bonds is 4. The molecule has 1 atom stereocenters. The maximum atomic E-state index is 11.6. The molecule has 4 heteroatoms. The number of Topliss-reactive ketones (excluding diaryl/α,β-unsaturated/α-hetero) is 1. The van der Waals surface area contributed by atoms with E-state index in [-0.39, 0.29) is 0 Å². The van der Waals surface area contributed by atoms with Gasteiger partial charge in [-0.2, -0.15) is 0 Å². The van der Waals surface area contributed by atoms with Crippen LogP contribution in [0, 0.1) is 0 Å². The first-order chi connectivity index (χ1) is 7.77. The van der Waals surface area contributed by atoms with Gasteiger partial charge >= 0.3 is 0 Å². The molecule has 1 aliphatic rings. The fourth-order valence-corrected chi connectivity index (χ4v) is 2.22. The lowest BCUT2D eigenvalue weighted by atomic mass is 10.0. The highest BCUT2D eigenvalue weighted by atomic mass is 16.2. The molecule has 0 radical (unpaired) electrons. The largest absolute Gasteiger partial charge is 0.329 e. The maximum Gasteiger partial charge on any atom is 0.216 e. The summed E-state index contributed by atoms with van der Waals surface area (Å²) in [6.45, 7) is 1.80. The van der Waals surface area contributed by atoms with Crippen LogP contribution in [0.3, 0.4) is 0 Å². The van der Waals surface area contributed by atoms with Gasteiger partial charge in [-0.25, -0.2) is 0 Å². The minimum Gasteiger partial charge on any atom is -0.329 e. The van der Waals surface area contributed by atoms with E-state index in [1.165, 1.54) is 0 Å². The fraction of sp³-hybridized carbons (Fsp3) is 0.333. The van der Waals surface area contributed by atoms with Crippen molar-refractivity contribution in [3.8, 4) is 0 Å². The van der Waals surface area contributed by atoms with Crippen LogP contribution in [-0.4, -0.2) is 30.1 Å². The highest BCUT2D eigenvalue weighted by Crippen LogP contribution is 2.33. The van der Waals surface area contributed by atoms with Crippen LogP contribution in [0.1, 0.15) is 17.2 Å². The summed E-state index contributed by atoms with van der Waals surface area (Å²) in [5, 5.41) is 0. The zero-order valence-corrected chi connectivity index (χ0v) is 8.93. The molecule has 84 valence electrons. The zero-order valence-electron chi connectivity index (χ0n) is 8.93. The molecular formula is C12H14N2O2.